The van der Waals surface area contributed by atoms with Crippen LogP contribution in [0.3, 0.4) is 0 Å². The molecule has 0 saturated heterocycles. The molecule has 0 bridgehead atoms. The fraction of sp³-hybridized carbons (Fsp3) is 0.625. The molecule has 0 spiro atoms. The highest BCUT2D eigenvalue weighted by Gasteiger charge is 2.24. The maximum Gasteiger partial charge on any atom is 0.410 e. The van der Waals surface area contributed by atoms with Gasteiger partial charge in [0.05, 0.1) is 5.70 Å². The normalized spacial score (nSPS) is 20.0. The molecule has 0 unspecified atom stereocenters. The third kappa shape index (κ3) is 3.95. The van der Waals surface area contributed by atoms with Gasteiger partial charge in [-0.2, -0.15) is 0 Å². The van der Waals surface area contributed by atoms with Gasteiger partial charge in [0.2, 0.25) is 0 Å². The number of hydrogen-bond acceptors (Lipinski definition) is 3. The summed E-state index contributed by atoms with van der Waals surface area (Å²) in [5.41, 5.74) is 3.10. The van der Waals surface area contributed by atoms with Gasteiger partial charge in [-0.05, 0) is 52.5 Å². The standard InChI is InChI=1S/C16H24N2O2/c1-12-6-5-7-14(17-12)13-8-10-18(11-9-13)15(19)20-16(2,3)4/h7-8H,5-6,9-11H2,1-4H3. The van der Waals surface area contributed by atoms with Crippen LogP contribution in [0.5, 0.6) is 0 Å². The maximum absolute atomic E-state index is 12.0. The summed E-state index contributed by atoms with van der Waals surface area (Å²) < 4.78 is 5.39. The molecule has 0 saturated carbocycles. The topological polar surface area (TPSA) is 41.9 Å². The van der Waals surface area contributed by atoms with Crippen molar-refractivity contribution in [2.75, 3.05) is 13.1 Å². The molecule has 4 heteroatoms. The van der Waals surface area contributed by atoms with E-state index in [0.717, 1.165) is 25.0 Å². The van der Waals surface area contributed by atoms with Crippen molar-refractivity contribution >= 4 is 11.8 Å². The smallest absolute Gasteiger partial charge is 0.410 e. The van der Waals surface area contributed by atoms with Crippen molar-refractivity contribution in [3.05, 3.63) is 23.4 Å². The SMILES string of the molecule is CC1=NC(C2=CCN(C(=O)OC(C)(C)C)CC2)=CCC1. The molecule has 20 heavy (non-hydrogen) atoms. The lowest BCUT2D eigenvalue weighted by atomic mass is 10.0. The van der Waals surface area contributed by atoms with Gasteiger partial charge in [0, 0.05) is 18.8 Å². The average molecular weight is 276 g/mol. The molecule has 0 aromatic heterocycles. The molecule has 0 fully saturated rings. The molecule has 0 radical (unpaired) electrons. The second kappa shape index (κ2) is 5.81. The van der Waals surface area contributed by atoms with E-state index in [4.69, 9.17) is 4.74 Å². The zero-order valence-electron chi connectivity index (χ0n) is 12.9. The van der Waals surface area contributed by atoms with Gasteiger partial charge in [-0.3, -0.25) is 4.99 Å². The summed E-state index contributed by atoms with van der Waals surface area (Å²) in [6.45, 7) is 9.05. The second-order valence-electron chi connectivity index (χ2n) is 6.38. The monoisotopic (exact) mass is 276 g/mol. The predicted molar refractivity (Wildman–Crippen MR) is 80.9 cm³/mol. The van der Waals surface area contributed by atoms with Gasteiger partial charge >= 0.3 is 6.09 Å². The highest BCUT2D eigenvalue weighted by Crippen LogP contribution is 2.24. The van der Waals surface area contributed by atoms with E-state index >= 15 is 0 Å². The minimum Gasteiger partial charge on any atom is -0.444 e. The molecule has 110 valence electrons. The van der Waals surface area contributed by atoms with Gasteiger partial charge < -0.3 is 9.64 Å². The molecule has 4 nitrogen and oxygen atoms in total. The Hall–Kier alpha value is -1.58. The molecular weight excluding hydrogens is 252 g/mol. The Morgan fingerprint density at radius 3 is 2.60 bits per heavy atom. The van der Waals surface area contributed by atoms with E-state index in [0.29, 0.717) is 13.1 Å². The number of nitrogens with zero attached hydrogens (tertiary/aromatic N) is 2. The van der Waals surface area contributed by atoms with Crippen molar-refractivity contribution in [1.29, 1.82) is 0 Å². The van der Waals surface area contributed by atoms with Crippen molar-refractivity contribution < 1.29 is 9.53 Å². The highest BCUT2D eigenvalue weighted by atomic mass is 16.6. The first kappa shape index (κ1) is 14.8. The summed E-state index contributed by atoms with van der Waals surface area (Å²) in [5, 5.41) is 0. The first-order valence-corrected chi connectivity index (χ1v) is 7.27. The number of carbonyl (C=O) groups excluding carboxylic acids is 1. The Morgan fingerprint density at radius 1 is 1.30 bits per heavy atom. The lowest BCUT2D eigenvalue weighted by Gasteiger charge is -2.30. The first-order valence-electron chi connectivity index (χ1n) is 7.27. The molecule has 0 aliphatic carbocycles. The van der Waals surface area contributed by atoms with Crippen LogP contribution < -0.4 is 0 Å². The zero-order chi connectivity index (χ0) is 14.8. The van der Waals surface area contributed by atoms with Crippen LogP contribution in [0.2, 0.25) is 0 Å². The number of allylic oxidation sites excluding steroid dienone is 2. The number of hydrogen-bond donors (Lipinski definition) is 0. The van der Waals surface area contributed by atoms with Gasteiger partial charge in [-0.15, -0.1) is 0 Å². The quantitative estimate of drug-likeness (QED) is 0.733. The molecule has 1 amide bonds. The van der Waals surface area contributed by atoms with E-state index in [1.54, 1.807) is 4.90 Å². The molecule has 2 aliphatic rings. The van der Waals surface area contributed by atoms with Crippen LogP contribution >= 0.6 is 0 Å². The van der Waals surface area contributed by atoms with Gasteiger partial charge in [0.1, 0.15) is 5.60 Å². The summed E-state index contributed by atoms with van der Waals surface area (Å²) in [6.07, 6.45) is 7.04. The van der Waals surface area contributed by atoms with Crippen LogP contribution in [-0.2, 0) is 4.74 Å². The van der Waals surface area contributed by atoms with Crippen LogP contribution in [0.15, 0.2) is 28.4 Å². The minimum atomic E-state index is -0.436. The third-order valence-electron chi connectivity index (χ3n) is 3.34. The third-order valence-corrected chi connectivity index (χ3v) is 3.34. The number of rotatable bonds is 1. The predicted octanol–water partition coefficient (Wildman–Crippen LogP) is 3.69. The summed E-state index contributed by atoms with van der Waals surface area (Å²) in [4.78, 5) is 18.3. The van der Waals surface area contributed by atoms with E-state index < -0.39 is 5.60 Å². The van der Waals surface area contributed by atoms with Gasteiger partial charge in [-0.1, -0.05) is 12.2 Å². The number of amides is 1. The molecular formula is C16H24N2O2. The lowest BCUT2D eigenvalue weighted by Crippen LogP contribution is -2.39. The van der Waals surface area contributed by atoms with E-state index in [1.807, 2.05) is 20.8 Å². The summed E-state index contributed by atoms with van der Waals surface area (Å²) in [5.74, 6) is 0. The van der Waals surface area contributed by atoms with Gasteiger partial charge in [0.25, 0.3) is 0 Å². The van der Waals surface area contributed by atoms with Crippen molar-refractivity contribution in [1.82, 2.24) is 4.90 Å². The van der Waals surface area contributed by atoms with Crippen molar-refractivity contribution in [3.8, 4) is 0 Å². The summed E-state index contributed by atoms with van der Waals surface area (Å²) in [7, 11) is 0. The van der Waals surface area contributed by atoms with Crippen LogP contribution in [0.4, 0.5) is 4.79 Å². The average Bonchev–Trinajstić information content (AvgIpc) is 2.37. The Morgan fingerprint density at radius 2 is 2.05 bits per heavy atom. The van der Waals surface area contributed by atoms with Gasteiger partial charge in [0.15, 0.2) is 0 Å². The van der Waals surface area contributed by atoms with Crippen LogP contribution in [0, 0.1) is 0 Å². The van der Waals surface area contributed by atoms with Crippen molar-refractivity contribution in [3.63, 3.8) is 0 Å². The molecule has 0 atom stereocenters. The lowest BCUT2D eigenvalue weighted by molar-refractivity contribution is 0.0266. The minimum absolute atomic E-state index is 0.231. The largest absolute Gasteiger partial charge is 0.444 e. The van der Waals surface area contributed by atoms with Crippen molar-refractivity contribution in [2.24, 2.45) is 4.99 Å². The Balaban J connectivity index is 1.97. The molecule has 2 heterocycles. The number of carbonyl (C=O) groups is 1. The Kier molecular flexibility index (Phi) is 4.31. The maximum atomic E-state index is 12.0. The number of aliphatic imine (C=N–C) groups is 1. The van der Waals surface area contributed by atoms with E-state index in [-0.39, 0.29) is 6.09 Å². The first-order chi connectivity index (χ1) is 9.35. The highest BCUT2D eigenvalue weighted by molar-refractivity contribution is 5.84. The van der Waals surface area contributed by atoms with Crippen LogP contribution in [-0.4, -0.2) is 35.4 Å². The van der Waals surface area contributed by atoms with E-state index in [9.17, 15) is 4.79 Å². The molecule has 0 N–H and O–H groups in total. The fourth-order valence-corrected chi connectivity index (χ4v) is 2.32. The number of ether oxygens (including phenoxy) is 1. The van der Waals surface area contributed by atoms with Crippen LogP contribution in [0.1, 0.15) is 47.0 Å². The molecule has 2 aliphatic heterocycles. The summed E-state index contributed by atoms with van der Waals surface area (Å²) in [6, 6.07) is 0. The van der Waals surface area contributed by atoms with Crippen molar-refractivity contribution in [2.45, 2.75) is 52.6 Å². The molecule has 2 rings (SSSR count). The second-order valence-corrected chi connectivity index (χ2v) is 6.38. The van der Waals surface area contributed by atoms with E-state index in [2.05, 4.69) is 24.1 Å². The molecule has 0 aromatic rings. The van der Waals surface area contributed by atoms with E-state index in [1.165, 1.54) is 11.3 Å². The fourth-order valence-electron chi connectivity index (χ4n) is 2.32. The van der Waals surface area contributed by atoms with Crippen LogP contribution in [0.25, 0.3) is 0 Å². The Bertz CT molecular complexity index is 481. The Labute approximate surface area is 121 Å². The van der Waals surface area contributed by atoms with Gasteiger partial charge in [-0.25, -0.2) is 4.79 Å². The summed E-state index contributed by atoms with van der Waals surface area (Å²) >= 11 is 0. The molecule has 0 aromatic carbocycles. The zero-order valence-corrected chi connectivity index (χ0v) is 12.9.